The summed E-state index contributed by atoms with van der Waals surface area (Å²) in [7, 11) is 2.59. The van der Waals surface area contributed by atoms with Crippen LogP contribution in [0.2, 0.25) is 0 Å². The van der Waals surface area contributed by atoms with Gasteiger partial charge in [0.25, 0.3) is 0 Å². The van der Waals surface area contributed by atoms with Gasteiger partial charge >= 0.3 is 17.7 Å². The number of nitrogens with one attached hydrogen (secondary N) is 2. The second-order valence-corrected chi connectivity index (χ2v) is 8.05. The lowest BCUT2D eigenvalue weighted by Crippen LogP contribution is -2.47. The van der Waals surface area contributed by atoms with E-state index in [2.05, 4.69) is 10.6 Å². The normalized spacial score (nSPS) is 15.5. The van der Waals surface area contributed by atoms with Crippen molar-refractivity contribution in [3.63, 3.8) is 0 Å². The summed E-state index contributed by atoms with van der Waals surface area (Å²) in [5.74, 6) is -0.827. The molecule has 10 heteroatoms. The van der Waals surface area contributed by atoms with Gasteiger partial charge in [0.05, 0.1) is 30.8 Å². The van der Waals surface area contributed by atoms with Crippen molar-refractivity contribution < 1.29 is 28.7 Å². The minimum absolute atomic E-state index is 0.0487. The summed E-state index contributed by atoms with van der Waals surface area (Å²) in [6.07, 6.45) is 0. The van der Waals surface area contributed by atoms with Crippen molar-refractivity contribution in [3.05, 3.63) is 74.5 Å². The van der Waals surface area contributed by atoms with Gasteiger partial charge in [-0.15, -0.1) is 0 Å². The highest BCUT2D eigenvalue weighted by atomic mass is 16.6. The third-order valence-electron chi connectivity index (χ3n) is 5.53. The molecule has 10 nitrogen and oxygen atoms in total. The van der Waals surface area contributed by atoms with E-state index in [0.717, 1.165) is 11.1 Å². The number of hydrogen-bond acceptors (Lipinski definition) is 7. The van der Waals surface area contributed by atoms with Crippen LogP contribution in [0.5, 0.6) is 11.5 Å². The maximum Gasteiger partial charge on any atom is 0.337 e. The molecule has 1 aliphatic rings. The fourth-order valence-corrected chi connectivity index (χ4v) is 3.76. The Labute approximate surface area is 197 Å². The molecular weight excluding hydrogens is 442 g/mol. The predicted molar refractivity (Wildman–Crippen MR) is 123 cm³/mol. The lowest BCUT2D eigenvalue weighted by molar-refractivity contribution is -0.386. The Morgan fingerprint density at radius 3 is 2.50 bits per heavy atom. The van der Waals surface area contributed by atoms with Crippen LogP contribution in [0, 0.1) is 23.0 Å². The number of aryl methyl sites for hydroxylation is 1. The van der Waals surface area contributed by atoms with Gasteiger partial charge in [-0.3, -0.25) is 10.1 Å². The van der Waals surface area contributed by atoms with Crippen LogP contribution in [0.1, 0.15) is 36.6 Å². The van der Waals surface area contributed by atoms with Crippen LogP contribution in [0.25, 0.3) is 0 Å². The van der Waals surface area contributed by atoms with Crippen molar-refractivity contribution >= 4 is 17.7 Å². The molecule has 0 saturated carbocycles. The van der Waals surface area contributed by atoms with E-state index in [0.29, 0.717) is 5.70 Å². The average molecular weight is 469 g/mol. The summed E-state index contributed by atoms with van der Waals surface area (Å²) < 4.78 is 16.2. The third-order valence-corrected chi connectivity index (χ3v) is 5.53. The van der Waals surface area contributed by atoms with E-state index in [4.69, 9.17) is 14.2 Å². The molecule has 0 radical (unpaired) electrons. The minimum atomic E-state index is -0.989. The van der Waals surface area contributed by atoms with Gasteiger partial charge in [-0.1, -0.05) is 38.1 Å². The number of carbonyl (C=O) groups excluding carboxylic acids is 2. The summed E-state index contributed by atoms with van der Waals surface area (Å²) in [5.41, 5.74) is 2.30. The Morgan fingerprint density at radius 1 is 1.21 bits per heavy atom. The lowest BCUT2D eigenvalue weighted by Gasteiger charge is -2.31. The number of nitrogens with zero attached hydrogens (tertiary/aromatic N) is 1. The molecule has 0 aliphatic carbocycles. The van der Waals surface area contributed by atoms with E-state index < -0.39 is 23.0 Å². The summed E-state index contributed by atoms with van der Waals surface area (Å²) in [5, 5.41) is 17.3. The number of esters is 1. The maximum absolute atomic E-state index is 12.6. The second-order valence-electron chi connectivity index (χ2n) is 8.05. The number of hydrogen-bond donors (Lipinski definition) is 2. The molecule has 0 aromatic heterocycles. The second kappa shape index (κ2) is 10.2. The zero-order chi connectivity index (χ0) is 25.0. The molecule has 0 spiro atoms. The monoisotopic (exact) mass is 469 g/mol. The number of allylic oxidation sites excluding steroid dienone is 1. The number of nitro groups is 1. The largest absolute Gasteiger partial charge is 0.493 e. The lowest BCUT2D eigenvalue weighted by atomic mass is 9.91. The molecule has 1 atom stereocenters. The number of methoxy groups -OCH3 is 2. The predicted octanol–water partition coefficient (Wildman–Crippen LogP) is 3.93. The van der Waals surface area contributed by atoms with Crippen LogP contribution in [0.3, 0.4) is 0 Å². The Morgan fingerprint density at radius 2 is 1.91 bits per heavy atom. The fourth-order valence-electron chi connectivity index (χ4n) is 3.76. The quantitative estimate of drug-likeness (QED) is 0.340. The number of ether oxygens (including phenoxy) is 3. The SMILES string of the molecule is COC(=O)C1=C(C(C)C)NC(=O)NC1c1cc(OC)c(OCc2ccccc2C)c([N+](=O)[O-])c1. The van der Waals surface area contributed by atoms with Crippen molar-refractivity contribution in [1.29, 1.82) is 0 Å². The van der Waals surface area contributed by atoms with Crippen LogP contribution in [0.15, 0.2) is 47.7 Å². The van der Waals surface area contributed by atoms with E-state index in [-0.39, 0.29) is 40.8 Å². The first-order valence-electron chi connectivity index (χ1n) is 10.6. The smallest absolute Gasteiger partial charge is 0.337 e. The Balaban J connectivity index is 2.12. The highest BCUT2D eigenvalue weighted by Crippen LogP contribution is 2.42. The Bertz CT molecular complexity index is 1160. The first-order chi connectivity index (χ1) is 16.2. The van der Waals surface area contributed by atoms with E-state index in [1.165, 1.54) is 26.4 Å². The molecule has 2 aromatic rings. The number of urea groups is 1. The first kappa shape index (κ1) is 24.6. The molecular formula is C24H27N3O7. The molecule has 0 fully saturated rings. The van der Waals surface area contributed by atoms with Crippen LogP contribution in [0.4, 0.5) is 10.5 Å². The van der Waals surface area contributed by atoms with Gasteiger partial charge in [0.15, 0.2) is 5.75 Å². The highest BCUT2D eigenvalue weighted by Gasteiger charge is 2.36. The topological polar surface area (TPSA) is 129 Å². The van der Waals surface area contributed by atoms with Crippen LogP contribution in [-0.4, -0.2) is 31.1 Å². The maximum atomic E-state index is 12.6. The molecule has 0 saturated heterocycles. The fraction of sp³-hybridized carbons (Fsp3) is 0.333. The molecule has 2 amide bonds. The first-order valence-corrected chi connectivity index (χ1v) is 10.6. The zero-order valence-corrected chi connectivity index (χ0v) is 19.6. The Hall–Kier alpha value is -4.08. The van der Waals surface area contributed by atoms with Crippen molar-refractivity contribution in [1.82, 2.24) is 10.6 Å². The van der Waals surface area contributed by atoms with E-state index in [1.54, 1.807) is 0 Å². The molecule has 180 valence electrons. The van der Waals surface area contributed by atoms with Gasteiger partial charge in [0.1, 0.15) is 6.61 Å². The third kappa shape index (κ3) is 4.95. The van der Waals surface area contributed by atoms with Crippen molar-refractivity contribution in [2.45, 2.75) is 33.4 Å². The van der Waals surface area contributed by atoms with Gasteiger partial charge in [-0.25, -0.2) is 9.59 Å². The molecule has 2 aromatic carbocycles. The van der Waals surface area contributed by atoms with Crippen LogP contribution < -0.4 is 20.1 Å². The summed E-state index contributed by atoms with van der Waals surface area (Å²) >= 11 is 0. The molecule has 2 N–H and O–H groups in total. The minimum Gasteiger partial charge on any atom is -0.493 e. The average Bonchev–Trinajstić information content (AvgIpc) is 2.81. The van der Waals surface area contributed by atoms with Crippen molar-refractivity contribution in [2.24, 2.45) is 5.92 Å². The summed E-state index contributed by atoms with van der Waals surface area (Å²) in [6.45, 7) is 5.64. The zero-order valence-electron chi connectivity index (χ0n) is 19.6. The van der Waals surface area contributed by atoms with Gasteiger partial charge in [-0.05, 0) is 35.6 Å². The Kier molecular flexibility index (Phi) is 7.40. The van der Waals surface area contributed by atoms with E-state index >= 15 is 0 Å². The van der Waals surface area contributed by atoms with Gasteiger partial charge in [0.2, 0.25) is 5.75 Å². The van der Waals surface area contributed by atoms with Gasteiger partial charge < -0.3 is 24.8 Å². The number of nitro benzene ring substituents is 1. The number of amides is 2. The van der Waals surface area contributed by atoms with E-state index in [1.807, 2.05) is 45.0 Å². The highest BCUT2D eigenvalue weighted by molar-refractivity contribution is 5.95. The molecule has 0 bridgehead atoms. The number of benzene rings is 2. The summed E-state index contributed by atoms with van der Waals surface area (Å²) in [4.78, 5) is 36.4. The standard InChI is InChI=1S/C24H27N3O7/c1-13(2)20-19(23(28)33-5)21(26-24(29)25-20)16-10-17(27(30)31)22(18(11-16)32-4)34-12-15-9-7-6-8-14(15)3/h6-11,13,21H,12H2,1-5H3,(H2,25,26,29). The van der Waals surface area contributed by atoms with Gasteiger partial charge in [-0.2, -0.15) is 0 Å². The van der Waals surface area contributed by atoms with E-state index in [9.17, 15) is 19.7 Å². The molecule has 34 heavy (non-hydrogen) atoms. The molecule has 1 aliphatic heterocycles. The molecule has 1 heterocycles. The molecule has 3 rings (SSSR count). The molecule has 1 unspecified atom stereocenters. The van der Waals surface area contributed by atoms with Crippen molar-refractivity contribution in [2.75, 3.05) is 14.2 Å². The number of carbonyl (C=O) groups is 2. The van der Waals surface area contributed by atoms with Crippen LogP contribution in [-0.2, 0) is 16.1 Å². The van der Waals surface area contributed by atoms with Crippen LogP contribution >= 0.6 is 0 Å². The number of rotatable bonds is 8. The summed E-state index contributed by atoms with van der Waals surface area (Å²) in [6, 6.07) is 8.78. The van der Waals surface area contributed by atoms with Gasteiger partial charge in [0, 0.05) is 11.8 Å². The van der Waals surface area contributed by atoms with Crippen molar-refractivity contribution in [3.8, 4) is 11.5 Å².